The lowest BCUT2D eigenvalue weighted by molar-refractivity contribution is -0.0765. The van der Waals surface area contributed by atoms with Crippen molar-refractivity contribution in [2.45, 2.75) is 32.8 Å². The molecule has 0 saturated carbocycles. The summed E-state index contributed by atoms with van der Waals surface area (Å²) in [5.41, 5.74) is 0.0724. The van der Waals surface area contributed by atoms with Crippen molar-refractivity contribution in [3.63, 3.8) is 0 Å². The summed E-state index contributed by atoms with van der Waals surface area (Å²) in [6.45, 7) is 8.58. The number of morpholine rings is 1. The third-order valence-corrected chi connectivity index (χ3v) is 3.12. The third-order valence-electron chi connectivity index (χ3n) is 3.12. The van der Waals surface area contributed by atoms with E-state index in [9.17, 15) is 4.79 Å². The lowest BCUT2D eigenvalue weighted by Gasteiger charge is -2.37. The molecule has 1 fully saturated rings. The minimum atomic E-state index is -0.306. The van der Waals surface area contributed by atoms with Crippen molar-refractivity contribution >= 4 is 11.7 Å². The standard InChI is InChI=1S/C14H22N4O2/c1-4-5-16-12-9-15-8-11(17-12)13(19)18-6-7-20-14(2,3)10-18/h8-9H,4-7,10H2,1-3H3,(H,16,17). The molecule has 2 heterocycles. The smallest absolute Gasteiger partial charge is 0.274 e. The van der Waals surface area contributed by atoms with Crippen LogP contribution in [0.3, 0.4) is 0 Å². The van der Waals surface area contributed by atoms with Gasteiger partial charge in [-0.15, -0.1) is 0 Å². The molecule has 1 amide bonds. The van der Waals surface area contributed by atoms with Gasteiger partial charge in [-0.2, -0.15) is 0 Å². The van der Waals surface area contributed by atoms with Gasteiger partial charge in [0.05, 0.1) is 24.6 Å². The minimum Gasteiger partial charge on any atom is -0.372 e. The van der Waals surface area contributed by atoms with E-state index in [-0.39, 0.29) is 11.5 Å². The summed E-state index contributed by atoms with van der Waals surface area (Å²) in [6, 6.07) is 0. The van der Waals surface area contributed by atoms with Crippen LogP contribution in [0, 0.1) is 0 Å². The number of hydrogen-bond acceptors (Lipinski definition) is 5. The fraction of sp³-hybridized carbons (Fsp3) is 0.643. The predicted octanol–water partition coefficient (Wildman–Crippen LogP) is 1.55. The maximum absolute atomic E-state index is 12.5. The Bertz CT molecular complexity index is 476. The number of ether oxygens (including phenoxy) is 1. The second-order valence-electron chi connectivity index (χ2n) is 5.55. The molecule has 0 radical (unpaired) electrons. The zero-order chi connectivity index (χ0) is 14.6. The zero-order valence-electron chi connectivity index (χ0n) is 12.3. The molecule has 6 heteroatoms. The predicted molar refractivity (Wildman–Crippen MR) is 76.7 cm³/mol. The van der Waals surface area contributed by atoms with Crippen LogP contribution in [0.5, 0.6) is 0 Å². The van der Waals surface area contributed by atoms with Crippen molar-refractivity contribution in [3.05, 3.63) is 18.1 Å². The average Bonchev–Trinajstić information content (AvgIpc) is 2.43. The van der Waals surface area contributed by atoms with Crippen molar-refractivity contribution in [2.24, 2.45) is 0 Å². The molecule has 0 atom stereocenters. The summed E-state index contributed by atoms with van der Waals surface area (Å²) >= 11 is 0. The van der Waals surface area contributed by atoms with E-state index in [0.29, 0.717) is 31.2 Å². The first-order valence-electron chi connectivity index (χ1n) is 7.01. The van der Waals surface area contributed by atoms with Gasteiger partial charge in [0.15, 0.2) is 0 Å². The Kier molecular flexibility index (Phi) is 4.54. The second kappa shape index (κ2) is 6.17. The van der Waals surface area contributed by atoms with Crippen molar-refractivity contribution in [1.82, 2.24) is 14.9 Å². The van der Waals surface area contributed by atoms with Crippen molar-refractivity contribution in [3.8, 4) is 0 Å². The summed E-state index contributed by atoms with van der Waals surface area (Å²) < 4.78 is 5.62. The molecule has 0 aromatic carbocycles. The van der Waals surface area contributed by atoms with Crippen LogP contribution in [-0.2, 0) is 4.74 Å². The summed E-state index contributed by atoms with van der Waals surface area (Å²) in [5, 5.41) is 3.14. The van der Waals surface area contributed by atoms with Gasteiger partial charge in [0, 0.05) is 19.6 Å². The number of aromatic nitrogens is 2. The average molecular weight is 278 g/mol. The summed E-state index contributed by atoms with van der Waals surface area (Å²) in [7, 11) is 0. The van der Waals surface area contributed by atoms with Gasteiger partial charge < -0.3 is 15.0 Å². The highest BCUT2D eigenvalue weighted by Gasteiger charge is 2.31. The van der Waals surface area contributed by atoms with Gasteiger partial charge in [0.25, 0.3) is 5.91 Å². The summed E-state index contributed by atoms with van der Waals surface area (Å²) in [5.74, 6) is 0.555. The van der Waals surface area contributed by atoms with E-state index < -0.39 is 0 Å². The number of amides is 1. The van der Waals surface area contributed by atoms with Gasteiger partial charge in [0.2, 0.25) is 0 Å². The Labute approximate surface area is 119 Å². The van der Waals surface area contributed by atoms with Crippen LogP contribution in [0.25, 0.3) is 0 Å². The van der Waals surface area contributed by atoms with E-state index in [2.05, 4.69) is 22.2 Å². The van der Waals surface area contributed by atoms with Crippen molar-refractivity contribution < 1.29 is 9.53 Å². The summed E-state index contributed by atoms with van der Waals surface area (Å²) in [6.07, 6.45) is 4.15. The van der Waals surface area contributed by atoms with Gasteiger partial charge in [0.1, 0.15) is 11.5 Å². The van der Waals surface area contributed by atoms with Crippen LogP contribution in [0.4, 0.5) is 5.82 Å². The molecule has 6 nitrogen and oxygen atoms in total. The molecular formula is C14H22N4O2. The quantitative estimate of drug-likeness (QED) is 0.905. The molecule has 1 aliphatic heterocycles. The topological polar surface area (TPSA) is 67.4 Å². The largest absolute Gasteiger partial charge is 0.372 e. The van der Waals surface area contributed by atoms with Gasteiger partial charge in [-0.25, -0.2) is 4.98 Å². The molecule has 1 saturated heterocycles. The minimum absolute atomic E-state index is 0.0889. The highest BCUT2D eigenvalue weighted by Crippen LogP contribution is 2.18. The molecule has 1 aromatic rings. The van der Waals surface area contributed by atoms with Gasteiger partial charge >= 0.3 is 0 Å². The van der Waals surface area contributed by atoms with E-state index in [4.69, 9.17) is 4.74 Å². The van der Waals surface area contributed by atoms with Crippen LogP contribution < -0.4 is 5.32 Å². The maximum Gasteiger partial charge on any atom is 0.274 e. The number of nitrogens with one attached hydrogen (secondary N) is 1. The molecule has 0 bridgehead atoms. The van der Waals surface area contributed by atoms with E-state index in [0.717, 1.165) is 13.0 Å². The first-order chi connectivity index (χ1) is 9.52. The van der Waals surface area contributed by atoms with E-state index in [1.807, 2.05) is 13.8 Å². The van der Waals surface area contributed by atoms with Crippen molar-refractivity contribution in [2.75, 3.05) is 31.6 Å². The number of carbonyl (C=O) groups is 1. The molecule has 0 unspecified atom stereocenters. The molecule has 2 rings (SSSR count). The molecule has 1 N–H and O–H groups in total. The Morgan fingerprint density at radius 2 is 2.30 bits per heavy atom. The van der Waals surface area contributed by atoms with Crippen LogP contribution in [0.2, 0.25) is 0 Å². The Morgan fingerprint density at radius 1 is 1.50 bits per heavy atom. The van der Waals surface area contributed by atoms with Gasteiger partial charge in [-0.3, -0.25) is 9.78 Å². The Balaban J connectivity index is 2.08. The normalized spacial score (nSPS) is 17.9. The molecular weight excluding hydrogens is 256 g/mol. The second-order valence-corrected chi connectivity index (χ2v) is 5.55. The monoisotopic (exact) mass is 278 g/mol. The summed E-state index contributed by atoms with van der Waals surface area (Å²) in [4.78, 5) is 22.6. The molecule has 0 spiro atoms. The lowest BCUT2D eigenvalue weighted by Crippen LogP contribution is -2.50. The molecule has 110 valence electrons. The third kappa shape index (κ3) is 3.66. The van der Waals surface area contributed by atoms with Gasteiger partial charge in [-0.1, -0.05) is 6.92 Å². The van der Waals surface area contributed by atoms with Crippen LogP contribution in [-0.4, -0.2) is 52.6 Å². The van der Waals surface area contributed by atoms with E-state index in [1.54, 1.807) is 11.1 Å². The maximum atomic E-state index is 12.5. The number of hydrogen-bond donors (Lipinski definition) is 1. The van der Waals surface area contributed by atoms with Crippen LogP contribution >= 0.6 is 0 Å². The van der Waals surface area contributed by atoms with Gasteiger partial charge in [-0.05, 0) is 20.3 Å². The highest BCUT2D eigenvalue weighted by atomic mass is 16.5. The molecule has 1 aliphatic rings. The SMILES string of the molecule is CCCNc1cncc(C(=O)N2CCOC(C)(C)C2)n1. The van der Waals surface area contributed by atoms with E-state index >= 15 is 0 Å². The Hall–Kier alpha value is -1.69. The first-order valence-corrected chi connectivity index (χ1v) is 7.01. The van der Waals surface area contributed by atoms with Crippen molar-refractivity contribution in [1.29, 1.82) is 0 Å². The fourth-order valence-electron chi connectivity index (χ4n) is 2.16. The molecule has 20 heavy (non-hydrogen) atoms. The number of carbonyl (C=O) groups excluding carboxylic acids is 1. The lowest BCUT2D eigenvalue weighted by atomic mass is 10.1. The van der Waals surface area contributed by atoms with Crippen LogP contribution in [0.15, 0.2) is 12.4 Å². The molecule has 1 aromatic heterocycles. The number of nitrogens with zero attached hydrogens (tertiary/aromatic N) is 3. The molecule has 0 aliphatic carbocycles. The fourth-order valence-corrected chi connectivity index (χ4v) is 2.16. The number of rotatable bonds is 4. The van der Waals surface area contributed by atoms with Crippen LogP contribution in [0.1, 0.15) is 37.7 Å². The highest BCUT2D eigenvalue weighted by molar-refractivity contribution is 5.92. The number of anilines is 1. The Morgan fingerprint density at radius 3 is 3.00 bits per heavy atom. The zero-order valence-corrected chi connectivity index (χ0v) is 12.3. The van der Waals surface area contributed by atoms with E-state index in [1.165, 1.54) is 6.20 Å². The first kappa shape index (κ1) is 14.7.